The van der Waals surface area contributed by atoms with E-state index >= 15 is 0 Å². The summed E-state index contributed by atoms with van der Waals surface area (Å²) in [4.78, 5) is 38.8. The molecule has 1 aliphatic heterocycles. The number of anilines is 1. The zero-order chi connectivity index (χ0) is 29.9. The van der Waals surface area contributed by atoms with Crippen LogP contribution in [0.15, 0.2) is 36.7 Å². The number of rotatable bonds is 13. The molecule has 1 aromatic carbocycles. The molecule has 1 aliphatic rings. The molecule has 1 saturated heterocycles. The number of aliphatic hydroxyl groups is 3. The van der Waals surface area contributed by atoms with Crippen LogP contribution in [0.3, 0.4) is 0 Å². The molecular formula is C26H28ClN5O9. The molecule has 3 atom stereocenters. The quantitative estimate of drug-likeness (QED) is 0.101. The number of nitrogens with zero attached hydrogens (tertiary/aromatic N) is 5. The van der Waals surface area contributed by atoms with Crippen molar-refractivity contribution in [2.45, 2.75) is 30.0 Å². The smallest absolute Gasteiger partial charge is 0.348 e. The number of hydrogen-bond donors (Lipinski definition) is 5. The first-order valence-corrected chi connectivity index (χ1v) is 12.7. The van der Waals surface area contributed by atoms with Crippen LogP contribution >= 0.6 is 11.6 Å². The molecule has 15 heteroatoms. The topological polar surface area (TPSA) is 201 Å². The second kappa shape index (κ2) is 12.0. The van der Waals surface area contributed by atoms with Crippen molar-refractivity contribution in [3.8, 4) is 12.3 Å². The molecular weight excluding hydrogens is 562 g/mol. The fourth-order valence-corrected chi connectivity index (χ4v) is 4.73. The Morgan fingerprint density at radius 2 is 1.88 bits per heavy atom. The Kier molecular flexibility index (Phi) is 8.78. The van der Waals surface area contributed by atoms with E-state index in [1.165, 1.54) is 12.1 Å². The van der Waals surface area contributed by atoms with E-state index in [2.05, 4.69) is 20.9 Å². The third kappa shape index (κ3) is 5.55. The van der Waals surface area contributed by atoms with Crippen LogP contribution < -0.4 is 4.90 Å². The van der Waals surface area contributed by atoms with Crippen molar-refractivity contribution in [1.82, 2.24) is 19.5 Å². The normalized spacial score (nSPS) is 16.9. The van der Waals surface area contributed by atoms with Crippen LogP contribution in [0, 0.1) is 18.3 Å². The molecule has 0 bridgehead atoms. The zero-order valence-electron chi connectivity index (χ0n) is 21.8. The Labute approximate surface area is 238 Å². The van der Waals surface area contributed by atoms with E-state index in [1.54, 1.807) is 18.2 Å². The molecule has 0 amide bonds. The van der Waals surface area contributed by atoms with E-state index in [0.29, 0.717) is 24.5 Å². The summed E-state index contributed by atoms with van der Waals surface area (Å²) in [5.74, 6) is -1.13. The molecule has 0 aliphatic carbocycles. The molecule has 3 heterocycles. The average Bonchev–Trinajstić information content (AvgIpc) is 3.35. The van der Waals surface area contributed by atoms with Gasteiger partial charge < -0.3 is 39.9 Å². The Morgan fingerprint density at radius 3 is 2.44 bits per heavy atom. The third-order valence-corrected chi connectivity index (χ3v) is 7.19. The first-order valence-electron chi connectivity index (χ1n) is 12.3. The molecule has 0 unspecified atom stereocenters. The molecule has 0 spiro atoms. The predicted octanol–water partition coefficient (Wildman–Crippen LogP) is -0.0543. The maximum Gasteiger partial charge on any atom is 0.348 e. The van der Waals surface area contributed by atoms with Gasteiger partial charge in [-0.3, -0.25) is 4.57 Å². The monoisotopic (exact) mass is 589 g/mol. The van der Waals surface area contributed by atoms with Gasteiger partial charge in [0.1, 0.15) is 6.10 Å². The molecule has 2 aromatic heterocycles. The van der Waals surface area contributed by atoms with E-state index in [9.17, 15) is 35.1 Å². The van der Waals surface area contributed by atoms with E-state index in [1.807, 2.05) is 4.90 Å². The number of fused-ring (bicyclic) bond motifs is 1. The number of benzene rings is 1. The van der Waals surface area contributed by atoms with Crippen molar-refractivity contribution in [2.75, 3.05) is 38.3 Å². The van der Waals surface area contributed by atoms with Crippen LogP contribution in [0.1, 0.15) is 11.8 Å². The van der Waals surface area contributed by atoms with E-state index in [-0.39, 0.29) is 29.0 Å². The number of imidazole rings is 1. The third-order valence-electron chi connectivity index (χ3n) is 7.02. The van der Waals surface area contributed by atoms with Gasteiger partial charge in [-0.2, -0.15) is 9.97 Å². The summed E-state index contributed by atoms with van der Waals surface area (Å²) < 4.78 is 11.8. The second-order valence-electron chi connectivity index (χ2n) is 9.57. The van der Waals surface area contributed by atoms with Gasteiger partial charge >= 0.3 is 11.9 Å². The highest BCUT2D eigenvalue weighted by molar-refractivity contribution is 6.28. The Morgan fingerprint density at radius 1 is 1.22 bits per heavy atom. The second-order valence-corrected chi connectivity index (χ2v) is 9.91. The number of carboxylic acids is 2. The highest BCUT2D eigenvalue weighted by atomic mass is 35.5. The van der Waals surface area contributed by atoms with Crippen LogP contribution in [-0.2, 0) is 25.5 Å². The lowest BCUT2D eigenvalue weighted by molar-refractivity contribution is -0.202. The van der Waals surface area contributed by atoms with Gasteiger partial charge in [0.05, 0.1) is 12.9 Å². The largest absolute Gasteiger partial charge is 0.479 e. The number of aliphatic hydroxyl groups excluding tert-OH is 2. The maximum absolute atomic E-state index is 12.2. The average molecular weight is 590 g/mol. The van der Waals surface area contributed by atoms with Gasteiger partial charge in [0.25, 0.3) is 5.60 Å². The summed E-state index contributed by atoms with van der Waals surface area (Å²) in [6.45, 7) is 0.133. The number of halogens is 1. The van der Waals surface area contributed by atoms with Gasteiger partial charge in [-0.05, 0) is 17.2 Å². The molecule has 41 heavy (non-hydrogen) atoms. The van der Waals surface area contributed by atoms with E-state index < -0.39 is 48.5 Å². The molecule has 4 rings (SSSR count). The van der Waals surface area contributed by atoms with Gasteiger partial charge in [0.15, 0.2) is 28.8 Å². The van der Waals surface area contributed by atoms with Crippen LogP contribution in [0.25, 0.3) is 11.2 Å². The molecule has 218 valence electrons. The number of carbonyl (C=O) groups is 2. The van der Waals surface area contributed by atoms with E-state index in [0.717, 1.165) is 18.0 Å². The fourth-order valence-electron chi connectivity index (χ4n) is 4.57. The van der Waals surface area contributed by atoms with Crippen molar-refractivity contribution in [2.24, 2.45) is 5.92 Å². The fraction of sp³-hybridized carbons (Fsp3) is 0.423. The van der Waals surface area contributed by atoms with Crippen molar-refractivity contribution < 1.29 is 44.6 Å². The van der Waals surface area contributed by atoms with Gasteiger partial charge in [-0.1, -0.05) is 36.3 Å². The van der Waals surface area contributed by atoms with Crippen LogP contribution in [0.4, 0.5) is 5.82 Å². The number of methoxy groups -OCH3 is 1. The molecule has 3 aromatic rings. The highest BCUT2D eigenvalue weighted by Gasteiger charge is 2.51. The number of aromatic nitrogens is 4. The van der Waals surface area contributed by atoms with Crippen LogP contribution in [0.5, 0.6) is 0 Å². The minimum atomic E-state index is -2.76. The molecule has 14 nitrogen and oxygen atoms in total. The standard InChI is InChI=1S/C26H28ClN5O9/c1-3-25(39,17(40-2)13-41-26(22(35)36,23(37)38)9-15-7-5-4-6-8-15)21(34)32-14-28-18-19(29-24(27)30-20(18)32)31-10-16(11-31)12-33/h1,4-8,14,16-17,21,33-34,39H,9-13H2,2H3,(H,35,36)(H,37,38)/t17-,21-,25-/m1/s1. The summed E-state index contributed by atoms with van der Waals surface area (Å²) in [6, 6.07) is 7.97. The zero-order valence-corrected chi connectivity index (χ0v) is 22.5. The first kappa shape index (κ1) is 30.1. The van der Waals surface area contributed by atoms with Gasteiger partial charge in [-0.25, -0.2) is 14.6 Å². The minimum absolute atomic E-state index is 0.00230. The Hall–Kier alpha value is -3.84. The molecule has 1 fully saturated rings. The summed E-state index contributed by atoms with van der Waals surface area (Å²) in [5.41, 5.74) is -4.76. The first-order chi connectivity index (χ1) is 19.5. The molecule has 0 saturated carbocycles. The SMILES string of the molecule is C#C[C@@](O)([C@@H](COC(Cc1ccccc1)(C(=O)O)C(=O)O)OC)[C@@H](O)n1cnc2c(N3CC(CO)C3)nc(Cl)nc21. The lowest BCUT2D eigenvalue weighted by Crippen LogP contribution is -2.56. The number of aliphatic carboxylic acids is 2. The van der Waals surface area contributed by atoms with Gasteiger partial charge in [-0.15, -0.1) is 6.42 Å². The van der Waals surface area contributed by atoms with Gasteiger partial charge in [0, 0.05) is 39.1 Å². The summed E-state index contributed by atoms with van der Waals surface area (Å²) in [7, 11) is 1.12. The highest BCUT2D eigenvalue weighted by Crippen LogP contribution is 2.34. The summed E-state index contributed by atoms with van der Waals surface area (Å²) in [5, 5.41) is 51.7. The van der Waals surface area contributed by atoms with Crippen LogP contribution in [-0.4, -0.2) is 108 Å². The lowest BCUT2D eigenvalue weighted by atomic mass is 9.92. The van der Waals surface area contributed by atoms with Crippen molar-refractivity contribution >= 4 is 40.5 Å². The predicted molar refractivity (Wildman–Crippen MR) is 143 cm³/mol. The summed E-state index contributed by atoms with van der Waals surface area (Å²) >= 11 is 6.14. The van der Waals surface area contributed by atoms with Crippen molar-refractivity contribution in [3.05, 3.63) is 47.5 Å². The minimum Gasteiger partial charge on any atom is -0.479 e. The summed E-state index contributed by atoms with van der Waals surface area (Å²) in [6.07, 6.45) is 2.60. The number of terminal acetylenes is 1. The Balaban J connectivity index is 1.64. The van der Waals surface area contributed by atoms with Crippen molar-refractivity contribution in [3.63, 3.8) is 0 Å². The lowest BCUT2D eigenvalue weighted by Gasteiger charge is -2.39. The molecule has 5 N–H and O–H groups in total. The van der Waals surface area contributed by atoms with Crippen molar-refractivity contribution in [1.29, 1.82) is 0 Å². The number of ether oxygens (including phenoxy) is 2. The molecule has 0 radical (unpaired) electrons. The van der Waals surface area contributed by atoms with Crippen LogP contribution in [0.2, 0.25) is 5.28 Å². The number of carboxylic acid groups (broad SMARTS) is 2. The maximum atomic E-state index is 12.2. The van der Waals surface area contributed by atoms with Gasteiger partial charge in [0.2, 0.25) is 5.28 Å². The Bertz CT molecular complexity index is 1440. The number of hydrogen-bond acceptors (Lipinski definition) is 11. The van der Waals surface area contributed by atoms with E-state index in [4.69, 9.17) is 27.5 Å².